The molecule has 7 heteroatoms. The largest absolute Gasteiger partial charge is 0.491 e. The van der Waals surface area contributed by atoms with Crippen LogP contribution in [-0.4, -0.2) is 47.9 Å². The summed E-state index contributed by atoms with van der Waals surface area (Å²) in [6, 6.07) is 15.2. The number of hydrogen-bond acceptors (Lipinski definition) is 4. The van der Waals surface area contributed by atoms with Gasteiger partial charge in [0.2, 0.25) is 5.91 Å². The number of benzene rings is 2. The molecule has 2 amide bonds. The Hall–Kier alpha value is -3.19. The zero-order chi connectivity index (χ0) is 24.1. The minimum atomic E-state index is -0.397. The van der Waals surface area contributed by atoms with Crippen molar-refractivity contribution in [3.05, 3.63) is 87.4 Å². The summed E-state index contributed by atoms with van der Waals surface area (Å²) in [7, 11) is 0. The van der Waals surface area contributed by atoms with Crippen molar-refractivity contribution in [2.75, 3.05) is 26.2 Å². The highest BCUT2D eigenvalue weighted by molar-refractivity contribution is 7.10. The van der Waals surface area contributed by atoms with E-state index in [2.05, 4.69) is 11.4 Å². The summed E-state index contributed by atoms with van der Waals surface area (Å²) in [4.78, 5) is 31.2. The molecule has 1 aromatic heterocycles. The molecular formula is C27H29FN2O3S. The molecule has 0 saturated carbocycles. The van der Waals surface area contributed by atoms with Crippen molar-refractivity contribution in [3.63, 3.8) is 0 Å². The van der Waals surface area contributed by atoms with Gasteiger partial charge < -0.3 is 14.5 Å². The molecule has 0 fully saturated rings. The maximum absolute atomic E-state index is 13.5. The third kappa shape index (κ3) is 5.47. The van der Waals surface area contributed by atoms with Crippen LogP contribution in [0.4, 0.5) is 4.39 Å². The van der Waals surface area contributed by atoms with Crippen LogP contribution in [0.2, 0.25) is 0 Å². The fraction of sp³-hybridized carbons (Fsp3) is 0.333. The van der Waals surface area contributed by atoms with Gasteiger partial charge in [-0.2, -0.15) is 0 Å². The first-order chi connectivity index (χ1) is 16.5. The minimum Gasteiger partial charge on any atom is -0.491 e. The highest BCUT2D eigenvalue weighted by Crippen LogP contribution is 2.34. The molecule has 5 nitrogen and oxygen atoms in total. The molecule has 4 rings (SSSR count). The van der Waals surface area contributed by atoms with Gasteiger partial charge in [0, 0.05) is 23.5 Å². The lowest BCUT2D eigenvalue weighted by Gasteiger charge is -2.37. The highest BCUT2D eigenvalue weighted by atomic mass is 32.1. The topological polar surface area (TPSA) is 49.9 Å². The molecule has 0 N–H and O–H groups in total. The van der Waals surface area contributed by atoms with Gasteiger partial charge in [-0.05, 0) is 73.2 Å². The van der Waals surface area contributed by atoms with Crippen molar-refractivity contribution in [2.24, 2.45) is 0 Å². The first-order valence-corrected chi connectivity index (χ1v) is 12.4. The third-order valence-electron chi connectivity index (χ3n) is 6.04. The van der Waals surface area contributed by atoms with Crippen LogP contribution in [0.25, 0.3) is 0 Å². The fourth-order valence-electron chi connectivity index (χ4n) is 4.24. The summed E-state index contributed by atoms with van der Waals surface area (Å²) < 4.78 is 19.4. The van der Waals surface area contributed by atoms with Crippen molar-refractivity contribution in [3.8, 4) is 5.75 Å². The molecule has 1 aliphatic rings. The van der Waals surface area contributed by atoms with Gasteiger partial charge in [0.25, 0.3) is 5.91 Å². The van der Waals surface area contributed by atoms with E-state index in [1.54, 1.807) is 16.2 Å². The van der Waals surface area contributed by atoms with Gasteiger partial charge in [-0.1, -0.05) is 24.6 Å². The van der Waals surface area contributed by atoms with Gasteiger partial charge in [-0.15, -0.1) is 11.3 Å². The van der Waals surface area contributed by atoms with E-state index in [1.807, 2.05) is 43.0 Å². The Kier molecular flexibility index (Phi) is 7.63. The summed E-state index contributed by atoms with van der Waals surface area (Å²) in [5.41, 5.74) is 2.65. The Bertz CT molecular complexity index is 1130. The van der Waals surface area contributed by atoms with Gasteiger partial charge in [0.05, 0.1) is 6.04 Å². The molecule has 2 aromatic carbocycles. The van der Waals surface area contributed by atoms with E-state index in [-0.39, 0.29) is 24.4 Å². The number of hydrogen-bond donors (Lipinski definition) is 0. The predicted molar refractivity (Wildman–Crippen MR) is 132 cm³/mol. The maximum Gasteiger partial charge on any atom is 0.254 e. The number of carbonyl (C=O) groups excluding carboxylic acids is 2. The van der Waals surface area contributed by atoms with Crippen molar-refractivity contribution in [2.45, 2.75) is 32.7 Å². The van der Waals surface area contributed by atoms with Crippen molar-refractivity contribution < 1.29 is 18.7 Å². The van der Waals surface area contributed by atoms with Gasteiger partial charge in [-0.3, -0.25) is 9.59 Å². The minimum absolute atomic E-state index is 0.0233. The van der Waals surface area contributed by atoms with E-state index in [0.717, 1.165) is 29.7 Å². The van der Waals surface area contributed by atoms with E-state index >= 15 is 0 Å². The molecule has 34 heavy (non-hydrogen) atoms. The summed E-state index contributed by atoms with van der Waals surface area (Å²) >= 11 is 1.70. The predicted octanol–water partition coefficient (Wildman–Crippen LogP) is 5.25. The number of aryl methyl sites for hydroxylation is 1. The third-order valence-corrected chi connectivity index (χ3v) is 7.04. The Labute approximate surface area is 203 Å². The average molecular weight is 481 g/mol. The second-order valence-electron chi connectivity index (χ2n) is 8.51. The quantitative estimate of drug-likeness (QED) is 0.442. The molecular weight excluding hydrogens is 451 g/mol. The van der Waals surface area contributed by atoms with E-state index in [0.29, 0.717) is 25.3 Å². The van der Waals surface area contributed by atoms with Gasteiger partial charge in [0.15, 0.2) is 0 Å². The zero-order valence-electron chi connectivity index (χ0n) is 19.5. The molecule has 0 aliphatic carbocycles. The van der Waals surface area contributed by atoms with Crippen LogP contribution in [0.15, 0.2) is 60.0 Å². The SMILES string of the molecule is CCCN(CC(=O)N1CCc2sccc2[C@H]1COc1ccc(C)cc1)C(=O)c1ccc(F)cc1. The summed E-state index contributed by atoms with van der Waals surface area (Å²) in [6.45, 7) is 5.34. The number of nitrogens with zero attached hydrogens (tertiary/aromatic N) is 2. The van der Waals surface area contributed by atoms with Gasteiger partial charge in [-0.25, -0.2) is 4.39 Å². The molecule has 0 radical (unpaired) electrons. The smallest absolute Gasteiger partial charge is 0.254 e. The first kappa shape index (κ1) is 24.0. The van der Waals surface area contributed by atoms with E-state index in [9.17, 15) is 14.0 Å². The zero-order valence-corrected chi connectivity index (χ0v) is 20.3. The molecule has 1 aliphatic heterocycles. The number of ether oxygens (including phenoxy) is 1. The van der Waals surface area contributed by atoms with Gasteiger partial charge in [0.1, 0.15) is 24.7 Å². The number of halogens is 1. The summed E-state index contributed by atoms with van der Waals surface area (Å²) in [5, 5.41) is 2.05. The second kappa shape index (κ2) is 10.8. The number of amides is 2. The van der Waals surface area contributed by atoms with Crippen LogP contribution in [0.1, 0.15) is 45.7 Å². The Morgan fingerprint density at radius 3 is 2.56 bits per heavy atom. The Morgan fingerprint density at radius 2 is 1.85 bits per heavy atom. The van der Waals surface area contributed by atoms with Crippen LogP contribution in [-0.2, 0) is 11.2 Å². The Morgan fingerprint density at radius 1 is 1.12 bits per heavy atom. The molecule has 3 aromatic rings. The van der Waals surface area contributed by atoms with Crippen molar-refractivity contribution in [1.29, 1.82) is 0 Å². The lowest BCUT2D eigenvalue weighted by Crippen LogP contribution is -2.48. The van der Waals surface area contributed by atoms with E-state index < -0.39 is 5.82 Å². The van der Waals surface area contributed by atoms with Gasteiger partial charge >= 0.3 is 0 Å². The van der Waals surface area contributed by atoms with Crippen LogP contribution < -0.4 is 4.74 Å². The van der Waals surface area contributed by atoms with Crippen LogP contribution in [0, 0.1) is 12.7 Å². The Balaban J connectivity index is 1.51. The lowest BCUT2D eigenvalue weighted by molar-refractivity contribution is -0.135. The maximum atomic E-state index is 13.5. The summed E-state index contributed by atoms with van der Waals surface area (Å²) in [5.74, 6) is -0.0143. The molecule has 0 saturated heterocycles. The molecule has 178 valence electrons. The second-order valence-corrected chi connectivity index (χ2v) is 9.51. The van der Waals surface area contributed by atoms with Crippen LogP contribution >= 0.6 is 11.3 Å². The molecule has 1 atom stereocenters. The molecule has 0 spiro atoms. The van der Waals surface area contributed by atoms with E-state index in [1.165, 1.54) is 29.1 Å². The number of thiophene rings is 1. The highest BCUT2D eigenvalue weighted by Gasteiger charge is 2.33. The number of rotatable bonds is 8. The van der Waals surface area contributed by atoms with E-state index in [4.69, 9.17) is 4.74 Å². The first-order valence-electron chi connectivity index (χ1n) is 11.6. The average Bonchev–Trinajstić information content (AvgIpc) is 3.32. The monoisotopic (exact) mass is 480 g/mol. The molecule has 0 unspecified atom stereocenters. The standard InChI is InChI=1S/C27H29FN2O3S/c1-3-14-29(27(32)20-6-8-21(28)9-7-20)17-26(31)30-15-12-25-23(13-16-34-25)24(30)18-33-22-10-4-19(2)5-11-22/h4-11,13,16,24H,3,12,14-15,17-18H2,1-2H3/t24-/m1/s1. The van der Waals surface area contributed by atoms with Crippen molar-refractivity contribution >= 4 is 23.2 Å². The molecule has 2 heterocycles. The lowest BCUT2D eigenvalue weighted by atomic mass is 10.0. The van der Waals surface area contributed by atoms with Crippen LogP contribution in [0.3, 0.4) is 0 Å². The normalized spacial score (nSPS) is 15.0. The molecule has 0 bridgehead atoms. The number of fused-ring (bicyclic) bond motifs is 1. The number of carbonyl (C=O) groups is 2. The summed E-state index contributed by atoms with van der Waals surface area (Å²) in [6.07, 6.45) is 1.51. The van der Waals surface area contributed by atoms with Crippen LogP contribution in [0.5, 0.6) is 5.75 Å². The van der Waals surface area contributed by atoms with Crippen molar-refractivity contribution in [1.82, 2.24) is 9.80 Å². The fourth-order valence-corrected chi connectivity index (χ4v) is 5.16.